The molecule has 30 heavy (non-hydrogen) atoms. The zero-order valence-corrected chi connectivity index (χ0v) is 18.4. The molecule has 0 radical (unpaired) electrons. The van der Waals surface area contributed by atoms with E-state index in [1.54, 1.807) is 43.5 Å². The van der Waals surface area contributed by atoms with Crippen LogP contribution in [-0.4, -0.2) is 35.4 Å². The monoisotopic (exact) mass is 427 g/mol. The zero-order chi connectivity index (χ0) is 22.0. The number of methoxy groups -OCH3 is 1. The van der Waals surface area contributed by atoms with Gasteiger partial charge in [0, 0.05) is 17.1 Å². The summed E-state index contributed by atoms with van der Waals surface area (Å²) in [6.07, 6.45) is 0.692. The summed E-state index contributed by atoms with van der Waals surface area (Å²) in [5.74, 6) is -0.597. The Morgan fingerprint density at radius 2 is 1.83 bits per heavy atom. The topological polar surface area (TPSA) is 66.8 Å². The van der Waals surface area contributed by atoms with Crippen LogP contribution in [-0.2, 0) is 9.59 Å². The van der Waals surface area contributed by atoms with Crippen molar-refractivity contribution in [1.29, 1.82) is 0 Å². The van der Waals surface area contributed by atoms with Crippen LogP contribution in [0.1, 0.15) is 55.8 Å². The molecule has 0 aromatic heterocycles. The maximum Gasteiger partial charge on any atom is 0.295 e. The van der Waals surface area contributed by atoms with E-state index in [1.807, 2.05) is 26.8 Å². The minimum Gasteiger partial charge on any atom is -0.507 e. The largest absolute Gasteiger partial charge is 0.507 e. The van der Waals surface area contributed by atoms with Crippen molar-refractivity contribution in [1.82, 2.24) is 4.90 Å². The highest BCUT2D eigenvalue weighted by atomic mass is 35.5. The molecule has 1 aliphatic rings. The highest BCUT2D eigenvalue weighted by Gasteiger charge is 2.45. The number of carbonyl (C=O) groups excluding carboxylic acids is 2. The van der Waals surface area contributed by atoms with E-state index in [0.717, 1.165) is 11.1 Å². The number of Topliss-reactive ketones (excluding diaryl/α,β-unsaturated/α-hetero) is 1. The van der Waals surface area contributed by atoms with Gasteiger partial charge in [0.2, 0.25) is 0 Å². The number of nitrogens with zero attached hydrogens (tertiary/aromatic N) is 1. The lowest BCUT2D eigenvalue weighted by Gasteiger charge is -2.25. The average molecular weight is 428 g/mol. The molecular formula is C24H26ClNO4. The number of ketones is 1. The number of benzene rings is 2. The molecule has 0 saturated carbocycles. The predicted octanol–water partition coefficient (Wildman–Crippen LogP) is 5.30. The van der Waals surface area contributed by atoms with Crippen LogP contribution in [0.2, 0.25) is 5.02 Å². The van der Waals surface area contributed by atoms with Gasteiger partial charge in [0.25, 0.3) is 11.7 Å². The third kappa shape index (κ3) is 3.94. The van der Waals surface area contributed by atoms with Crippen molar-refractivity contribution in [2.24, 2.45) is 0 Å². The summed E-state index contributed by atoms with van der Waals surface area (Å²) in [7, 11) is 1.59. The molecule has 1 atom stereocenters. The van der Waals surface area contributed by atoms with Crippen molar-refractivity contribution in [2.45, 2.75) is 39.2 Å². The van der Waals surface area contributed by atoms with E-state index in [2.05, 4.69) is 0 Å². The average Bonchev–Trinajstić information content (AvgIpc) is 2.98. The normalized spacial score (nSPS) is 18.3. The highest BCUT2D eigenvalue weighted by Crippen LogP contribution is 2.40. The number of rotatable bonds is 6. The molecule has 0 bridgehead atoms. The second-order valence-electron chi connectivity index (χ2n) is 7.66. The van der Waals surface area contributed by atoms with Crippen LogP contribution < -0.4 is 4.74 Å². The number of ether oxygens (including phenoxy) is 1. The highest BCUT2D eigenvalue weighted by molar-refractivity contribution is 6.46. The molecule has 0 spiro atoms. The van der Waals surface area contributed by atoms with Crippen molar-refractivity contribution >= 4 is 29.1 Å². The second-order valence-corrected chi connectivity index (χ2v) is 8.09. The maximum atomic E-state index is 12.9. The van der Waals surface area contributed by atoms with Gasteiger partial charge in [-0.3, -0.25) is 9.59 Å². The van der Waals surface area contributed by atoms with E-state index in [0.29, 0.717) is 29.3 Å². The van der Waals surface area contributed by atoms with Crippen LogP contribution in [0.15, 0.2) is 48.0 Å². The van der Waals surface area contributed by atoms with Gasteiger partial charge in [0.15, 0.2) is 0 Å². The molecule has 1 N–H and O–H groups in total. The van der Waals surface area contributed by atoms with Crippen LogP contribution in [0, 0.1) is 0 Å². The van der Waals surface area contributed by atoms with E-state index in [9.17, 15) is 14.7 Å². The van der Waals surface area contributed by atoms with Crippen LogP contribution in [0.25, 0.3) is 5.76 Å². The number of carbonyl (C=O) groups is 2. The molecule has 1 heterocycles. The van der Waals surface area contributed by atoms with Gasteiger partial charge < -0.3 is 14.7 Å². The third-order valence-electron chi connectivity index (χ3n) is 5.32. The lowest BCUT2D eigenvalue weighted by Crippen LogP contribution is -2.30. The molecule has 2 aromatic rings. The minimum absolute atomic E-state index is 0.0932. The number of halogens is 1. The molecule has 3 rings (SSSR count). The van der Waals surface area contributed by atoms with Gasteiger partial charge >= 0.3 is 0 Å². The number of hydrogen-bond acceptors (Lipinski definition) is 4. The molecule has 1 fully saturated rings. The van der Waals surface area contributed by atoms with Crippen LogP contribution in [0.3, 0.4) is 0 Å². The van der Waals surface area contributed by atoms with Crippen molar-refractivity contribution in [3.05, 3.63) is 69.8 Å². The second kappa shape index (κ2) is 8.92. The molecule has 2 aromatic carbocycles. The Morgan fingerprint density at radius 3 is 2.40 bits per heavy atom. The summed E-state index contributed by atoms with van der Waals surface area (Å²) in [5.41, 5.74) is 2.21. The molecule has 158 valence electrons. The summed E-state index contributed by atoms with van der Waals surface area (Å²) >= 11 is 6.02. The van der Waals surface area contributed by atoms with Crippen molar-refractivity contribution in [2.75, 3.05) is 13.7 Å². The first kappa shape index (κ1) is 21.9. The van der Waals surface area contributed by atoms with Crippen LogP contribution in [0.4, 0.5) is 0 Å². The van der Waals surface area contributed by atoms with Crippen LogP contribution >= 0.6 is 11.6 Å². The van der Waals surface area contributed by atoms with Gasteiger partial charge in [-0.05, 0) is 53.8 Å². The quantitative estimate of drug-likeness (QED) is 0.385. The molecule has 1 unspecified atom stereocenters. The van der Waals surface area contributed by atoms with E-state index >= 15 is 0 Å². The number of amides is 1. The Morgan fingerprint density at radius 1 is 1.17 bits per heavy atom. The fraction of sp³-hybridized carbons (Fsp3) is 0.333. The molecule has 1 aliphatic heterocycles. The summed E-state index contributed by atoms with van der Waals surface area (Å²) in [6, 6.07) is 11.6. The standard InChI is InChI=1S/C24H26ClNO4/c1-5-12-26-21(15-6-9-17(25)10-7-15)20(23(28)24(26)29)22(27)16-8-11-19(30-4)18(13-16)14(2)3/h6-11,13-14,21,27H,5,12H2,1-4H3/b22-20-. The van der Waals surface area contributed by atoms with Crippen LogP contribution in [0.5, 0.6) is 5.75 Å². The number of aliphatic hydroxyl groups excluding tert-OH is 1. The van der Waals surface area contributed by atoms with E-state index in [-0.39, 0.29) is 17.3 Å². The number of likely N-dealkylation sites (tertiary alicyclic amines) is 1. The van der Waals surface area contributed by atoms with Gasteiger partial charge in [-0.1, -0.05) is 44.5 Å². The summed E-state index contributed by atoms with van der Waals surface area (Å²) in [6.45, 7) is 6.40. The van der Waals surface area contributed by atoms with Gasteiger partial charge in [0.05, 0.1) is 18.7 Å². The summed E-state index contributed by atoms with van der Waals surface area (Å²) < 4.78 is 5.42. The molecule has 6 heteroatoms. The number of hydrogen-bond donors (Lipinski definition) is 1. The smallest absolute Gasteiger partial charge is 0.295 e. The maximum absolute atomic E-state index is 12.9. The predicted molar refractivity (Wildman–Crippen MR) is 118 cm³/mol. The van der Waals surface area contributed by atoms with Crippen molar-refractivity contribution < 1.29 is 19.4 Å². The Labute approximate surface area is 181 Å². The first-order valence-corrected chi connectivity index (χ1v) is 10.4. The lowest BCUT2D eigenvalue weighted by molar-refractivity contribution is -0.139. The van der Waals surface area contributed by atoms with Gasteiger partial charge in [-0.25, -0.2) is 0 Å². The van der Waals surface area contributed by atoms with Gasteiger partial charge in [-0.2, -0.15) is 0 Å². The van der Waals surface area contributed by atoms with Gasteiger partial charge in [0.1, 0.15) is 11.5 Å². The Kier molecular flexibility index (Phi) is 6.52. The lowest BCUT2D eigenvalue weighted by atomic mass is 9.93. The molecule has 0 aliphatic carbocycles. The summed E-state index contributed by atoms with van der Waals surface area (Å²) in [4.78, 5) is 27.2. The third-order valence-corrected chi connectivity index (χ3v) is 5.57. The SMILES string of the molecule is CCCN1C(=O)C(=O)/C(=C(\O)c2ccc(OC)c(C(C)C)c2)C1c1ccc(Cl)cc1. The van der Waals surface area contributed by atoms with Gasteiger partial charge in [-0.15, -0.1) is 0 Å². The molecule has 5 nitrogen and oxygen atoms in total. The van der Waals surface area contributed by atoms with Crippen molar-refractivity contribution in [3.63, 3.8) is 0 Å². The zero-order valence-electron chi connectivity index (χ0n) is 17.6. The minimum atomic E-state index is -0.678. The van der Waals surface area contributed by atoms with E-state index in [1.165, 1.54) is 4.90 Å². The fourth-order valence-electron chi connectivity index (χ4n) is 3.83. The molecule has 1 saturated heterocycles. The fourth-order valence-corrected chi connectivity index (χ4v) is 3.96. The number of aliphatic hydroxyl groups is 1. The Balaban J connectivity index is 2.20. The molecular weight excluding hydrogens is 402 g/mol. The first-order chi connectivity index (χ1) is 14.3. The first-order valence-electron chi connectivity index (χ1n) is 10.0. The van der Waals surface area contributed by atoms with Crippen molar-refractivity contribution in [3.8, 4) is 5.75 Å². The summed E-state index contributed by atoms with van der Waals surface area (Å²) in [5, 5.41) is 11.7. The van der Waals surface area contributed by atoms with E-state index in [4.69, 9.17) is 16.3 Å². The Bertz CT molecular complexity index is 995. The van der Waals surface area contributed by atoms with E-state index < -0.39 is 17.7 Å². The molecule has 1 amide bonds. The Hall–Kier alpha value is -2.79.